The third-order valence-corrected chi connectivity index (χ3v) is 6.07. The second-order valence-electron chi connectivity index (χ2n) is 8.41. The fourth-order valence-corrected chi connectivity index (χ4v) is 4.51. The first kappa shape index (κ1) is 22.7. The van der Waals surface area contributed by atoms with Crippen LogP contribution in [0.1, 0.15) is 23.0 Å². The molecule has 2 heterocycles. The van der Waals surface area contributed by atoms with Gasteiger partial charge in [-0.05, 0) is 43.7 Å². The molecule has 8 nitrogen and oxygen atoms in total. The summed E-state index contributed by atoms with van der Waals surface area (Å²) < 4.78 is 10.4. The summed E-state index contributed by atoms with van der Waals surface area (Å²) in [4.78, 5) is 32.9. The van der Waals surface area contributed by atoms with Crippen LogP contribution in [0, 0.1) is 6.92 Å². The van der Waals surface area contributed by atoms with Crippen molar-refractivity contribution >= 4 is 34.2 Å². The van der Waals surface area contributed by atoms with Gasteiger partial charge >= 0.3 is 5.97 Å². The summed E-state index contributed by atoms with van der Waals surface area (Å²) in [5.41, 5.74) is 3.71. The average Bonchev–Trinajstić information content (AvgIpc) is 3.17. The Balaban J connectivity index is 1.49. The molecular formula is C25H30N4O4. The van der Waals surface area contributed by atoms with Crippen LogP contribution < -0.4 is 15.0 Å². The highest BCUT2D eigenvalue weighted by Crippen LogP contribution is 2.35. The van der Waals surface area contributed by atoms with Crippen LogP contribution >= 0.6 is 0 Å². The average molecular weight is 451 g/mol. The van der Waals surface area contributed by atoms with E-state index >= 15 is 0 Å². The Kier molecular flexibility index (Phi) is 6.55. The summed E-state index contributed by atoms with van der Waals surface area (Å²) >= 11 is 0. The van der Waals surface area contributed by atoms with Crippen molar-refractivity contribution in [2.75, 3.05) is 50.6 Å². The van der Waals surface area contributed by atoms with Gasteiger partial charge in [-0.3, -0.25) is 9.69 Å². The number of hydrogen-bond acceptors (Lipinski definition) is 6. The Morgan fingerprint density at radius 3 is 2.64 bits per heavy atom. The predicted molar refractivity (Wildman–Crippen MR) is 129 cm³/mol. The molecule has 1 aromatic heterocycles. The SMILES string of the molecule is COC(=O)c1[nH]c2cccc(OC)c2c1NC(=O)CN1CCN(c2cccc(C)c2)[C@H](C)C1. The summed E-state index contributed by atoms with van der Waals surface area (Å²) in [7, 11) is 2.87. The Bertz CT molecular complexity index is 1170. The van der Waals surface area contributed by atoms with Gasteiger partial charge in [-0.25, -0.2) is 4.79 Å². The number of amides is 1. The molecule has 33 heavy (non-hydrogen) atoms. The van der Waals surface area contributed by atoms with E-state index in [2.05, 4.69) is 58.2 Å². The number of aromatic nitrogens is 1. The van der Waals surface area contributed by atoms with E-state index in [1.165, 1.54) is 18.4 Å². The van der Waals surface area contributed by atoms with Crippen LogP contribution in [0.3, 0.4) is 0 Å². The topological polar surface area (TPSA) is 86.9 Å². The second kappa shape index (κ2) is 9.54. The monoisotopic (exact) mass is 450 g/mol. The molecule has 0 bridgehead atoms. The number of esters is 1. The molecular weight excluding hydrogens is 420 g/mol. The molecule has 3 aromatic rings. The number of H-pyrrole nitrogens is 1. The molecule has 0 saturated carbocycles. The summed E-state index contributed by atoms with van der Waals surface area (Å²) in [5.74, 6) is -0.179. The zero-order valence-corrected chi connectivity index (χ0v) is 19.5. The third-order valence-electron chi connectivity index (χ3n) is 6.07. The minimum Gasteiger partial charge on any atom is -0.496 e. The number of nitrogens with one attached hydrogen (secondary N) is 2. The van der Waals surface area contributed by atoms with Crippen LogP contribution in [0.5, 0.6) is 5.75 Å². The summed E-state index contributed by atoms with van der Waals surface area (Å²) in [6, 6.07) is 14.2. The molecule has 2 aromatic carbocycles. The van der Waals surface area contributed by atoms with Crippen LogP contribution in [0.15, 0.2) is 42.5 Å². The van der Waals surface area contributed by atoms with Crippen LogP contribution in [-0.4, -0.2) is 68.2 Å². The number of methoxy groups -OCH3 is 2. The molecule has 174 valence electrons. The largest absolute Gasteiger partial charge is 0.496 e. The first-order chi connectivity index (χ1) is 15.9. The van der Waals surface area contributed by atoms with E-state index in [9.17, 15) is 9.59 Å². The lowest BCUT2D eigenvalue weighted by atomic mass is 10.1. The molecule has 2 N–H and O–H groups in total. The van der Waals surface area contributed by atoms with Crippen LogP contribution in [0.4, 0.5) is 11.4 Å². The molecule has 0 spiro atoms. The van der Waals surface area contributed by atoms with Gasteiger partial charge in [0.25, 0.3) is 0 Å². The van der Waals surface area contributed by atoms with Gasteiger partial charge in [0.05, 0.1) is 37.4 Å². The smallest absolute Gasteiger partial charge is 0.356 e. The van der Waals surface area contributed by atoms with Crippen molar-refractivity contribution in [3.05, 3.63) is 53.7 Å². The predicted octanol–water partition coefficient (Wildman–Crippen LogP) is 3.42. The van der Waals surface area contributed by atoms with Gasteiger partial charge in [-0.2, -0.15) is 0 Å². The Hall–Kier alpha value is -3.52. The molecule has 1 fully saturated rings. The number of benzene rings is 2. The van der Waals surface area contributed by atoms with Crippen molar-refractivity contribution in [1.29, 1.82) is 0 Å². The maximum atomic E-state index is 13.0. The van der Waals surface area contributed by atoms with E-state index in [1.54, 1.807) is 13.2 Å². The Morgan fingerprint density at radius 1 is 1.15 bits per heavy atom. The minimum atomic E-state index is -0.552. The van der Waals surface area contributed by atoms with E-state index in [-0.39, 0.29) is 24.2 Å². The van der Waals surface area contributed by atoms with Crippen molar-refractivity contribution in [3.63, 3.8) is 0 Å². The van der Waals surface area contributed by atoms with Gasteiger partial charge < -0.3 is 24.7 Å². The number of rotatable bonds is 6. The Morgan fingerprint density at radius 2 is 1.94 bits per heavy atom. The van der Waals surface area contributed by atoms with Crippen molar-refractivity contribution < 1.29 is 19.1 Å². The molecule has 1 saturated heterocycles. The van der Waals surface area contributed by atoms with Gasteiger partial charge in [-0.15, -0.1) is 0 Å². The highest BCUT2D eigenvalue weighted by Gasteiger charge is 2.27. The van der Waals surface area contributed by atoms with E-state index in [0.717, 1.165) is 19.6 Å². The summed E-state index contributed by atoms with van der Waals surface area (Å²) in [6.07, 6.45) is 0. The molecule has 1 amide bonds. The molecule has 0 aliphatic carbocycles. The van der Waals surface area contributed by atoms with Crippen LogP contribution in [0.2, 0.25) is 0 Å². The highest BCUT2D eigenvalue weighted by atomic mass is 16.5. The van der Waals surface area contributed by atoms with Crippen LogP contribution in [0.25, 0.3) is 10.9 Å². The molecule has 4 rings (SSSR count). The second-order valence-corrected chi connectivity index (χ2v) is 8.41. The number of aromatic amines is 1. The first-order valence-corrected chi connectivity index (χ1v) is 11.0. The third kappa shape index (κ3) is 4.66. The summed E-state index contributed by atoms with van der Waals surface area (Å²) in [6.45, 7) is 6.87. The number of carbonyl (C=O) groups is 2. The molecule has 8 heteroatoms. The van der Waals surface area contributed by atoms with Gasteiger partial charge in [-0.1, -0.05) is 18.2 Å². The maximum absolute atomic E-state index is 13.0. The fraction of sp³-hybridized carbons (Fsp3) is 0.360. The van der Waals surface area contributed by atoms with E-state index < -0.39 is 5.97 Å². The van der Waals surface area contributed by atoms with Crippen molar-refractivity contribution in [2.24, 2.45) is 0 Å². The lowest BCUT2D eigenvalue weighted by Gasteiger charge is -2.41. The van der Waals surface area contributed by atoms with Gasteiger partial charge in [0.15, 0.2) is 0 Å². The molecule has 0 radical (unpaired) electrons. The van der Waals surface area contributed by atoms with Crippen LogP contribution in [-0.2, 0) is 9.53 Å². The zero-order valence-electron chi connectivity index (χ0n) is 19.5. The van der Waals surface area contributed by atoms with Crippen molar-refractivity contribution in [2.45, 2.75) is 19.9 Å². The minimum absolute atomic E-state index is 0.192. The lowest BCUT2D eigenvalue weighted by molar-refractivity contribution is -0.117. The maximum Gasteiger partial charge on any atom is 0.356 e. The zero-order chi connectivity index (χ0) is 23.5. The van der Waals surface area contributed by atoms with E-state index in [1.807, 2.05) is 12.1 Å². The number of ether oxygens (including phenoxy) is 2. The molecule has 1 atom stereocenters. The number of fused-ring (bicyclic) bond motifs is 1. The normalized spacial score (nSPS) is 16.6. The van der Waals surface area contributed by atoms with Crippen molar-refractivity contribution in [3.8, 4) is 5.75 Å². The highest BCUT2D eigenvalue weighted by molar-refractivity contribution is 6.13. The summed E-state index contributed by atoms with van der Waals surface area (Å²) in [5, 5.41) is 3.57. The number of hydrogen-bond donors (Lipinski definition) is 2. The molecule has 0 unspecified atom stereocenters. The number of piperazine rings is 1. The number of anilines is 2. The standard InChI is InChI=1S/C25H30N4O4/c1-16-7-5-8-18(13-16)29-12-11-28(14-17(29)2)15-21(30)27-23-22-19(9-6-10-20(22)32-3)26-24(23)25(31)33-4/h5-10,13,17,26H,11-12,14-15H2,1-4H3,(H,27,30)/t17-/m1/s1. The molecule has 1 aliphatic rings. The fourth-order valence-electron chi connectivity index (χ4n) is 4.51. The van der Waals surface area contributed by atoms with Crippen molar-refractivity contribution in [1.82, 2.24) is 9.88 Å². The van der Waals surface area contributed by atoms with Gasteiger partial charge in [0, 0.05) is 31.4 Å². The van der Waals surface area contributed by atoms with E-state index in [4.69, 9.17) is 9.47 Å². The number of carbonyl (C=O) groups excluding carboxylic acids is 2. The Labute approximate surface area is 193 Å². The van der Waals surface area contributed by atoms with E-state index in [0.29, 0.717) is 22.3 Å². The lowest BCUT2D eigenvalue weighted by Crippen LogP contribution is -2.53. The quantitative estimate of drug-likeness (QED) is 0.560. The molecule has 1 aliphatic heterocycles. The number of aryl methyl sites for hydroxylation is 1. The first-order valence-electron chi connectivity index (χ1n) is 11.0. The van der Waals surface area contributed by atoms with Gasteiger partial charge in [0.1, 0.15) is 11.4 Å². The number of nitrogens with zero attached hydrogens (tertiary/aromatic N) is 2. The van der Waals surface area contributed by atoms with Gasteiger partial charge in [0.2, 0.25) is 5.91 Å².